The van der Waals surface area contributed by atoms with Crippen molar-refractivity contribution < 1.29 is 31.1 Å². The van der Waals surface area contributed by atoms with Crippen molar-refractivity contribution in [3.05, 3.63) is 166 Å². The number of rotatable bonds is 4. The number of halogens is 6. The summed E-state index contributed by atoms with van der Waals surface area (Å²) >= 11 is 0. The molecule has 0 N–H and O–H groups in total. The van der Waals surface area contributed by atoms with E-state index in [9.17, 15) is 26.3 Å². The SMILES string of the molecule is CC.CC1COC2c3ccc(-c4cc(F)c(F)c(F)c4)cc3CCC2C1.Cc1ccc(-c2ccc(-c3ccc(-c4ccc(C)cc4)c(F)c3F)cc2F)cc1. The van der Waals surface area contributed by atoms with Gasteiger partial charge in [-0.2, -0.15) is 0 Å². The largest absolute Gasteiger partial charge is 0.373 e. The molecule has 55 heavy (non-hydrogen) atoms. The topological polar surface area (TPSA) is 9.23 Å². The van der Waals surface area contributed by atoms with Crippen molar-refractivity contribution in [2.75, 3.05) is 6.61 Å². The van der Waals surface area contributed by atoms with Crippen LogP contribution in [0.25, 0.3) is 44.5 Å². The van der Waals surface area contributed by atoms with Crippen LogP contribution in [-0.2, 0) is 11.2 Å². The van der Waals surface area contributed by atoms with Crippen LogP contribution in [-0.4, -0.2) is 6.61 Å². The molecule has 6 aromatic carbocycles. The number of benzene rings is 6. The Morgan fingerprint density at radius 3 is 1.58 bits per heavy atom. The maximum absolute atomic E-state index is 14.8. The van der Waals surface area contributed by atoms with Crippen molar-refractivity contribution in [1.29, 1.82) is 0 Å². The van der Waals surface area contributed by atoms with Crippen LogP contribution in [0.2, 0.25) is 0 Å². The van der Waals surface area contributed by atoms with E-state index in [0.29, 0.717) is 39.7 Å². The normalized spacial score (nSPS) is 17.2. The molecule has 6 aromatic rings. The van der Waals surface area contributed by atoms with Gasteiger partial charge in [0.15, 0.2) is 29.1 Å². The van der Waals surface area contributed by atoms with Crippen LogP contribution in [0.15, 0.2) is 109 Å². The van der Waals surface area contributed by atoms with Gasteiger partial charge in [-0.15, -0.1) is 0 Å². The Morgan fingerprint density at radius 1 is 0.509 bits per heavy atom. The molecular formula is C48H44F6O. The van der Waals surface area contributed by atoms with Gasteiger partial charge in [0.1, 0.15) is 5.82 Å². The van der Waals surface area contributed by atoms with Crippen molar-refractivity contribution in [3.63, 3.8) is 0 Å². The van der Waals surface area contributed by atoms with Crippen molar-refractivity contribution in [3.8, 4) is 44.5 Å². The predicted octanol–water partition coefficient (Wildman–Crippen LogP) is 14.2. The molecule has 7 heteroatoms. The van der Waals surface area contributed by atoms with Gasteiger partial charge >= 0.3 is 0 Å². The third-order valence-electron chi connectivity index (χ3n) is 10.3. The number of aryl methyl sites for hydroxylation is 3. The first kappa shape index (κ1) is 39.6. The summed E-state index contributed by atoms with van der Waals surface area (Å²) in [6, 6.07) is 30.1. The summed E-state index contributed by atoms with van der Waals surface area (Å²) in [5.74, 6) is -5.00. The maximum atomic E-state index is 14.8. The second kappa shape index (κ2) is 17.1. The fourth-order valence-corrected chi connectivity index (χ4v) is 7.45. The molecule has 1 nitrogen and oxygen atoms in total. The molecular weight excluding hydrogens is 707 g/mol. The summed E-state index contributed by atoms with van der Waals surface area (Å²) in [6.45, 7) is 10.9. The summed E-state index contributed by atoms with van der Waals surface area (Å²) in [7, 11) is 0. The minimum absolute atomic E-state index is 0.0349. The standard InChI is InChI=1S/C26H19F3.C20H19F3O.C2H6/c1-16-3-7-18(8-4-16)21-12-11-20(15-24(21)27)23-14-13-22(25(28)26(23)29)19-9-5-17(2)6-10-19;1-11-6-14-3-2-13-7-12(4-5-16(13)20(14)24-10-11)15-8-17(21)19(23)18(22)9-15;1-2/h3-15H,1-2H3;4-5,7-9,11,14,20H,2-3,6,10H2,1H3;1-2H3. The van der Waals surface area contributed by atoms with Crippen LogP contribution >= 0.6 is 0 Å². The fraction of sp³-hybridized carbons (Fsp3) is 0.250. The summed E-state index contributed by atoms with van der Waals surface area (Å²) in [5, 5.41) is 0. The lowest BCUT2D eigenvalue weighted by atomic mass is 9.75. The van der Waals surface area contributed by atoms with Gasteiger partial charge in [0.25, 0.3) is 0 Å². The van der Waals surface area contributed by atoms with Crippen molar-refractivity contribution in [1.82, 2.24) is 0 Å². The van der Waals surface area contributed by atoms with Gasteiger partial charge in [0.05, 0.1) is 6.10 Å². The summed E-state index contributed by atoms with van der Waals surface area (Å²) in [4.78, 5) is 0. The van der Waals surface area contributed by atoms with Gasteiger partial charge in [-0.25, -0.2) is 26.3 Å². The molecule has 0 saturated carbocycles. The lowest BCUT2D eigenvalue weighted by Gasteiger charge is -2.39. The summed E-state index contributed by atoms with van der Waals surface area (Å²) in [5.41, 5.74) is 7.79. The van der Waals surface area contributed by atoms with Gasteiger partial charge in [-0.3, -0.25) is 0 Å². The molecule has 1 saturated heterocycles. The van der Waals surface area contributed by atoms with Gasteiger partial charge in [0.2, 0.25) is 0 Å². The van der Waals surface area contributed by atoms with Crippen LogP contribution in [0.4, 0.5) is 26.3 Å². The van der Waals surface area contributed by atoms with E-state index < -0.39 is 34.9 Å². The van der Waals surface area contributed by atoms with Crippen LogP contribution in [0, 0.1) is 60.6 Å². The number of ether oxygens (including phenoxy) is 1. The quantitative estimate of drug-likeness (QED) is 0.129. The first-order valence-electron chi connectivity index (χ1n) is 18.8. The van der Waals surface area contributed by atoms with Crippen molar-refractivity contribution >= 4 is 0 Å². The van der Waals surface area contributed by atoms with E-state index in [-0.39, 0.29) is 17.2 Å². The Morgan fingerprint density at radius 2 is 1.00 bits per heavy atom. The maximum Gasteiger partial charge on any atom is 0.194 e. The molecule has 1 heterocycles. The second-order valence-electron chi connectivity index (χ2n) is 14.3. The molecule has 3 atom stereocenters. The number of hydrogen-bond donors (Lipinski definition) is 0. The minimum atomic E-state index is -1.43. The molecule has 2 aliphatic rings. The molecule has 0 amide bonds. The Bertz CT molecular complexity index is 2260. The third-order valence-corrected chi connectivity index (χ3v) is 10.3. The second-order valence-corrected chi connectivity index (χ2v) is 14.3. The third kappa shape index (κ3) is 8.57. The molecule has 284 valence electrons. The highest BCUT2D eigenvalue weighted by molar-refractivity contribution is 5.75. The zero-order chi connectivity index (χ0) is 39.4. The Labute approximate surface area is 319 Å². The van der Waals surface area contributed by atoms with Gasteiger partial charge in [-0.1, -0.05) is 123 Å². The van der Waals surface area contributed by atoms with Crippen LogP contribution in [0.1, 0.15) is 62.0 Å². The van der Waals surface area contributed by atoms with E-state index >= 15 is 0 Å². The predicted molar refractivity (Wildman–Crippen MR) is 209 cm³/mol. The molecule has 1 fully saturated rings. The number of fused-ring (bicyclic) bond motifs is 3. The Kier molecular flexibility index (Phi) is 12.3. The van der Waals surface area contributed by atoms with Crippen LogP contribution < -0.4 is 0 Å². The summed E-state index contributed by atoms with van der Waals surface area (Å²) < 4.78 is 90.5. The molecule has 1 aliphatic heterocycles. The van der Waals surface area contributed by atoms with Crippen molar-refractivity contribution in [2.24, 2.45) is 11.8 Å². The fourth-order valence-electron chi connectivity index (χ4n) is 7.45. The van der Waals surface area contributed by atoms with E-state index in [1.165, 1.54) is 30.2 Å². The zero-order valence-electron chi connectivity index (χ0n) is 31.6. The molecule has 0 radical (unpaired) electrons. The molecule has 3 unspecified atom stereocenters. The highest BCUT2D eigenvalue weighted by atomic mass is 19.2. The van der Waals surface area contributed by atoms with E-state index in [1.54, 1.807) is 24.3 Å². The minimum Gasteiger partial charge on any atom is -0.373 e. The van der Waals surface area contributed by atoms with E-state index in [0.717, 1.165) is 53.8 Å². The molecule has 8 rings (SSSR count). The molecule has 0 aromatic heterocycles. The van der Waals surface area contributed by atoms with Crippen LogP contribution in [0.5, 0.6) is 0 Å². The molecule has 0 spiro atoms. The van der Waals surface area contributed by atoms with E-state index in [1.807, 2.05) is 82.3 Å². The first-order chi connectivity index (χ1) is 26.5. The van der Waals surface area contributed by atoms with Crippen molar-refractivity contribution in [2.45, 2.75) is 60.0 Å². The van der Waals surface area contributed by atoms with E-state index in [2.05, 4.69) is 6.92 Å². The smallest absolute Gasteiger partial charge is 0.194 e. The summed E-state index contributed by atoms with van der Waals surface area (Å²) in [6.07, 6.45) is 3.31. The average Bonchev–Trinajstić information content (AvgIpc) is 3.19. The van der Waals surface area contributed by atoms with Gasteiger partial charge in [-0.05, 0) is 102 Å². The van der Waals surface area contributed by atoms with Gasteiger partial charge < -0.3 is 4.74 Å². The Hall–Kier alpha value is -5.14. The Balaban J connectivity index is 0.000000182. The lowest BCUT2D eigenvalue weighted by molar-refractivity contribution is -0.0614. The number of hydrogen-bond acceptors (Lipinski definition) is 1. The molecule has 1 aliphatic carbocycles. The average molecular weight is 751 g/mol. The highest BCUT2D eigenvalue weighted by Crippen LogP contribution is 2.44. The molecule has 0 bridgehead atoms. The van der Waals surface area contributed by atoms with E-state index in [4.69, 9.17) is 4.74 Å². The van der Waals surface area contributed by atoms with Crippen LogP contribution in [0.3, 0.4) is 0 Å². The monoisotopic (exact) mass is 750 g/mol. The zero-order valence-corrected chi connectivity index (χ0v) is 31.6. The first-order valence-corrected chi connectivity index (χ1v) is 18.8. The van der Waals surface area contributed by atoms with Gasteiger partial charge in [0, 0.05) is 23.3 Å². The highest BCUT2D eigenvalue weighted by Gasteiger charge is 2.35. The lowest BCUT2D eigenvalue weighted by Crippen LogP contribution is -2.31.